The van der Waals surface area contributed by atoms with Gasteiger partial charge in [-0.3, -0.25) is 0 Å². The van der Waals surface area contributed by atoms with Crippen LogP contribution in [0.4, 0.5) is 0 Å². The lowest BCUT2D eigenvalue weighted by atomic mass is 10.8. The standard InChI is InChI=1S/C6H10OS2.H2O/c1-3-5-8-9(7)6-4-2;/h3-4H,1-2,5-6H2;1H2. The lowest BCUT2D eigenvalue weighted by molar-refractivity contribution is 0.693. The maximum Gasteiger partial charge on any atom is 0.0845 e. The van der Waals surface area contributed by atoms with E-state index in [1.165, 1.54) is 10.8 Å². The van der Waals surface area contributed by atoms with Crippen molar-refractivity contribution >= 4 is 20.6 Å². The summed E-state index contributed by atoms with van der Waals surface area (Å²) in [6.45, 7) is 6.99. The van der Waals surface area contributed by atoms with Crippen LogP contribution in [-0.2, 0) is 9.83 Å². The first-order valence-corrected chi connectivity index (χ1v) is 5.37. The maximum absolute atomic E-state index is 10.8. The number of hydrogen-bond donors (Lipinski definition) is 0. The second-order valence-corrected chi connectivity index (χ2v) is 4.66. The molecular formula is C6H12O2S2. The van der Waals surface area contributed by atoms with Gasteiger partial charge in [0, 0.05) is 5.75 Å². The molecule has 0 heterocycles. The van der Waals surface area contributed by atoms with Crippen LogP contribution in [-0.4, -0.2) is 21.2 Å². The molecule has 1 atom stereocenters. The summed E-state index contributed by atoms with van der Waals surface area (Å²) >= 11 is 0. The fourth-order valence-electron chi connectivity index (χ4n) is 0.268. The van der Waals surface area contributed by atoms with E-state index >= 15 is 0 Å². The second kappa shape index (κ2) is 8.94. The smallest absolute Gasteiger partial charge is 0.0845 e. The first kappa shape index (κ1) is 12.6. The van der Waals surface area contributed by atoms with Crippen molar-refractivity contribution in [1.29, 1.82) is 0 Å². The second-order valence-electron chi connectivity index (χ2n) is 1.33. The molecule has 0 aromatic rings. The van der Waals surface area contributed by atoms with E-state index in [-0.39, 0.29) is 5.48 Å². The Kier molecular flexibility index (Phi) is 11.3. The van der Waals surface area contributed by atoms with E-state index in [2.05, 4.69) is 13.2 Å². The van der Waals surface area contributed by atoms with Crippen LogP contribution in [0.1, 0.15) is 0 Å². The summed E-state index contributed by atoms with van der Waals surface area (Å²) in [5, 5.41) is 0. The summed E-state index contributed by atoms with van der Waals surface area (Å²) < 4.78 is 10.8. The topological polar surface area (TPSA) is 48.6 Å². The third-order valence-electron chi connectivity index (χ3n) is 0.571. The molecule has 0 aliphatic heterocycles. The molecular weight excluding hydrogens is 168 g/mol. The van der Waals surface area contributed by atoms with Crippen molar-refractivity contribution in [3.8, 4) is 0 Å². The van der Waals surface area contributed by atoms with E-state index in [1.807, 2.05) is 0 Å². The average molecular weight is 180 g/mol. The van der Waals surface area contributed by atoms with Crippen molar-refractivity contribution < 1.29 is 9.69 Å². The number of rotatable bonds is 5. The van der Waals surface area contributed by atoms with Gasteiger partial charge >= 0.3 is 0 Å². The fourth-order valence-corrected chi connectivity index (χ4v) is 2.13. The van der Waals surface area contributed by atoms with E-state index in [1.54, 1.807) is 12.2 Å². The largest absolute Gasteiger partial charge is 0.412 e. The molecule has 10 heavy (non-hydrogen) atoms. The zero-order valence-corrected chi connectivity index (χ0v) is 7.34. The van der Waals surface area contributed by atoms with Gasteiger partial charge in [-0.25, -0.2) is 4.21 Å². The van der Waals surface area contributed by atoms with Crippen LogP contribution < -0.4 is 0 Å². The number of hydrogen-bond acceptors (Lipinski definition) is 2. The summed E-state index contributed by atoms with van der Waals surface area (Å²) in [4.78, 5) is 0. The monoisotopic (exact) mass is 180 g/mol. The van der Waals surface area contributed by atoms with Gasteiger partial charge in [-0.15, -0.1) is 13.2 Å². The van der Waals surface area contributed by atoms with Gasteiger partial charge in [0.05, 0.1) is 15.6 Å². The molecule has 0 fully saturated rings. The van der Waals surface area contributed by atoms with E-state index in [4.69, 9.17) is 0 Å². The van der Waals surface area contributed by atoms with Gasteiger partial charge in [0.2, 0.25) is 0 Å². The Labute approximate surface area is 67.6 Å². The minimum absolute atomic E-state index is 0. The van der Waals surface area contributed by atoms with Gasteiger partial charge in [0.1, 0.15) is 0 Å². The zero-order valence-electron chi connectivity index (χ0n) is 5.71. The van der Waals surface area contributed by atoms with Gasteiger partial charge in [-0.2, -0.15) is 0 Å². The molecule has 0 rings (SSSR count). The van der Waals surface area contributed by atoms with Crippen LogP contribution in [0, 0.1) is 0 Å². The quantitative estimate of drug-likeness (QED) is 0.467. The predicted molar refractivity (Wildman–Crippen MR) is 49.5 cm³/mol. The third kappa shape index (κ3) is 7.94. The van der Waals surface area contributed by atoms with Crippen LogP contribution in [0.25, 0.3) is 0 Å². The molecule has 0 aliphatic carbocycles. The highest BCUT2D eigenvalue weighted by molar-refractivity contribution is 8.69. The minimum atomic E-state index is -0.793. The summed E-state index contributed by atoms with van der Waals surface area (Å²) in [6.07, 6.45) is 3.40. The highest BCUT2D eigenvalue weighted by Crippen LogP contribution is 2.06. The molecule has 0 saturated carbocycles. The first-order valence-electron chi connectivity index (χ1n) is 2.54. The highest BCUT2D eigenvalue weighted by atomic mass is 33.1. The van der Waals surface area contributed by atoms with Crippen molar-refractivity contribution in [2.24, 2.45) is 0 Å². The molecule has 0 aromatic carbocycles. The Hall–Kier alpha value is -0.0600. The van der Waals surface area contributed by atoms with Crippen molar-refractivity contribution in [2.45, 2.75) is 0 Å². The summed E-state index contributed by atoms with van der Waals surface area (Å²) in [5.41, 5.74) is 0. The SMILES string of the molecule is C=CCSS(=O)CC=C.O. The molecule has 60 valence electrons. The molecule has 1 unspecified atom stereocenters. The molecule has 2 N–H and O–H groups in total. The summed E-state index contributed by atoms with van der Waals surface area (Å²) in [6, 6.07) is 0. The van der Waals surface area contributed by atoms with Crippen molar-refractivity contribution in [2.75, 3.05) is 11.5 Å². The molecule has 0 aromatic heterocycles. The fraction of sp³-hybridized carbons (Fsp3) is 0.333. The average Bonchev–Trinajstić information content (AvgIpc) is 1.85. The van der Waals surface area contributed by atoms with Crippen molar-refractivity contribution in [3.05, 3.63) is 25.3 Å². The van der Waals surface area contributed by atoms with Crippen molar-refractivity contribution in [3.63, 3.8) is 0 Å². The van der Waals surface area contributed by atoms with Crippen molar-refractivity contribution in [1.82, 2.24) is 0 Å². The molecule has 0 aliphatic rings. The first-order chi connectivity index (χ1) is 4.31. The van der Waals surface area contributed by atoms with Crippen LogP contribution >= 0.6 is 10.8 Å². The summed E-state index contributed by atoms with van der Waals surface area (Å²) in [7, 11) is 0.591. The molecule has 0 amide bonds. The van der Waals surface area contributed by atoms with Gasteiger partial charge < -0.3 is 5.48 Å². The lowest BCUT2D eigenvalue weighted by Gasteiger charge is -1.91. The molecule has 0 radical (unpaired) electrons. The van der Waals surface area contributed by atoms with E-state index in [0.29, 0.717) is 5.75 Å². The normalized spacial score (nSPS) is 11.2. The van der Waals surface area contributed by atoms with E-state index < -0.39 is 9.83 Å². The lowest BCUT2D eigenvalue weighted by Crippen LogP contribution is -1.86. The van der Waals surface area contributed by atoms with Gasteiger partial charge in [-0.1, -0.05) is 22.9 Å². The van der Waals surface area contributed by atoms with Gasteiger partial charge in [-0.05, 0) is 0 Å². The molecule has 0 bridgehead atoms. The Morgan fingerprint density at radius 1 is 1.40 bits per heavy atom. The van der Waals surface area contributed by atoms with Crippen LogP contribution in [0.3, 0.4) is 0 Å². The van der Waals surface area contributed by atoms with Gasteiger partial charge in [0.15, 0.2) is 0 Å². The zero-order chi connectivity index (χ0) is 7.11. The van der Waals surface area contributed by atoms with Crippen LogP contribution in [0.5, 0.6) is 0 Å². The minimum Gasteiger partial charge on any atom is -0.412 e. The Balaban J connectivity index is 0. The molecule has 2 nitrogen and oxygen atoms in total. The van der Waals surface area contributed by atoms with Gasteiger partial charge in [0.25, 0.3) is 0 Å². The Bertz CT molecular complexity index is 123. The molecule has 0 spiro atoms. The Morgan fingerprint density at radius 2 is 2.00 bits per heavy atom. The van der Waals surface area contributed by atoms with E-state index in [0.717, 1.165) is 5.75 Å². The summed E-state index contributed by atoms with van der Waals surface area (Å²) in [5.74, 6) is 1.32. The molecule has 0 saturated heterocycles. The highest BCUT2D eigenvalue weighted by Gasteiger charge is 1.92. The maximum atomic E-state index is 10.8. The Morgan fingerprint density at radius 3 is 2.40 bits per heavy atom. The third-order valence-corrected chi connectivity index (χ3v) is 3.32. The predicted octanol–water partition coefficient (Wildman–Crippen LogP) is 0.931. The van der Waals surface area contributed by atoms with E-state index in [9.17, 15) is 4.21 Å². The van der Waals surface area contributed by atoms with Crippen LogP contribution in [0.2, 0.25) is 0 Å². The van der Waals surface area contributed by atoms with Crippen LogP contribution in [0.15, 0.2) is 25.3 Å². The molecule has 4 heteroatoms.